The number of hydrogen-bond donors (Lipinski definition) is 0. The second kappa shape index (κ2) is 10.8. The highest BCUT2D eigenvalue weighted by Gasteiger charge is 2.35. The first-order valence-electron chi connectivity index (χ1n) is 17.1. The van der Waals surface area contributed by atoms with E-state index in [1.165, 1.54) is 33.0 Å². The molecule has 0 atom stereocenters. The van der Waals surface area contributed by atoms with Crippen molar-refractivity contribution in [2.75, 3.05) is 0 Å². The van der Waals surface area contributed by atoms with Crippen molar-refractivity contribution in [1.82, 2.24) is 19.5 Å². The van der Waals surface area contributed by atoms with Gasteiger partial charge in [0.15, 0.2) is 11.6 Å². The van der Waals surface area contributed by atoms with Gasteiger partial charge < -0.3 is 0 Å². The summed E-state index contributed by atoms with van der Waals surface area (Å²) in [7, 11) is 0. The summed E-state index contributed by atoms with van der Waals surface area (Å²) in [6.07, 6.45) is 0. The van der Waals surface area contributed by atoms with E-state index < -0.39 is 0 Å². The molecule has 10 rings (SSSR count). The average molecular weight is 641 g/mol. The number of hydrogen-bond acceptors (Lipinski definition) is 3. The average Bonchev–Trinajstić information content (AvgIpc) is 3.63. The van der Waals surface area contributed by atoms with Crippen molar-refractivity contribution in [1.29, 1.82) is 0 Å². The van der Waals surface area contributed by atoms with Gasteiger partial charge in [-0.05, 0) is 57.0 Å². The summed E-state index contributed by atoms with van der Waals surface area (Å²) in [4.78, 5) is 15.9. The maximum Gasteiger partial charge on any atom is 0.238 e. The van der Waals surface area contributed by atoms with Gasteiger partial charge >= 0.3 is 0 Å². The van der Waals surface area contributed by atoms with Crippen LogP contribution in [0.3, 0.4) is 0 Å². The van der Waals surface area contributed by atoms with Crippen LogP contribution in [0.1, 0.15) is 25.0 Å². The molecule has 0 spiro atoms. The molecule has 236 valence electrons. The van der Waals surface area contributed by atoms with E-state index in [4.69, 9.17) is 15.0 Å². The second-order valence-electron chi connectivity index (χ2n) is 13.7. The number of fused-ring (bicyclic) bond motifs is 7. The molecule has 0 saturated heterocycles. The molecule has 1 aliphatic carbocycles. The molecular formula is C46H32N4. The first-order chi connectivity index (χ1) is 24.6. The summed E-state index contributed by atoms with van der Waals surface area (Å²) in [6, 6.07) is 55.9. The maximum absolute atomic E-state index is 5.33. The van der Waals surface area contributed by atoms with Crippen LogP contribution in [-0.2, 0) is 5.41 Å². The van der Waals surface area contributed by atoms with Crippen molar-refractivity contribution in [3.8, 4) is 51.0 Å². The Bertz CT molecular complexity index is 2730. The Hall–Kier alpha value is -6.39. The fraction of sp³-hybridized carbons (Fsp3) is 0.0652. The highest BCUT2D eigenvalue weighted by Crippen LogP contribution is 2.49. The van der Waals surface area contributed by atoms with Crippen molar-refractivity contribution >= 4 is 32.6 Å². The van der Waals surface area contributed by atoms with E-state index in [0.717, 1.165) is 44.1 Å². The summed E-state index contributed by atoms with van der Waals surface area (Å²) in [6.45, 7) is 4.62. The molecule has 0 unspecified atom stereocenters. The Morgan fingerprint density at radius 3 is 1.80 bits per heavy atom. The summed E-state index contributed by atoms with van der Waals surface area (Å²) >= 11 is 0. The van der Waals surface area contributed by atoms with Gasteiger partial charge in [0.05, 0.1) is 11.0 Å². The minimum absolute atomic E-state index is 0.145. The van der Waals surface area contributed by atoms with Crippen LogP contribution in [0.15, 0.2) is 158 Å². The molecule has 0 bridgehead atoms. The van der Waals surface area contributed by atoms with Crippen molar-refractivity contribution in [3.63, 3.8) is 0 Å². The van der Waals surface area contributed by atoms with Gasteiger partial charge in [0.25, 0.3) is 0 Å². The Balaban J connectivity index is 1.27. The lowest BCUT2D eigenvalue weighted by molar-refractivity contribution is 0.660. The normalized spacial score (nSPS) is 13.2. The molecular weight excluding hydrogens is 609 g/mol. The molecule has 0 fully saturated rings. The number of aromatic nitrogens is 4. The standard InChI is InChI=1S/C46H32N4/c1-46(2)38-23-9-6-18-33(38)34-27-26-31(28-39(34)46)43-47-44(37-22-13-17-30-16-12-21-32(42(30)37)29-14-4-3-5-15-29)49-45(48-43)50-40-24-10-7-19-35(40)36-20-8-11-25-41(36)50/h3-28H,1-2H3. The first kappa shape index (κ1) is 28.6. The monoisotopic (exact) mass is 640 g/mol. The number of nitrogens with zero attached hydrogens (tertiary/aromatic N) is 4. The van der Waals surface area contributed by atoms with Crippen LogP contribution in [0.25, 0.3) is 83.6 Å². The van der Waals surface area contributed by atoms with Gasteiger partial charge in [0, 0.05) is 32.7 Å². The fourth-order valence-corrected chi connectivity index (χ4v) is 8.08. The minimum atomic E-state index is -0.145. The van der Waals surface area contributed by atoms with Crippen LogP contribution in [0, 0.1) is 0 Å². The summed E-state index contributed by atoms with van der Waals surface area (Å²) < 4.78 is 2.19. The lowest BCUT2D eigenvalue weighted by Crippen LogP contribution is -2.15. The molecule has 2 heterocycles. The van der Waals surface area contributed by atoms with Crippen molar-refractivity contribution < 1.29 is 0 Å². The third-order valence-corrected chi connectivity index (χ3v) is 10.5. The number of benzene rings is 7. The summed E-state index contributed by atoms with van der Waals surface area (Å²) in [5, 5.41) is 4.60. The molecule has 4 heteroatoms. The molecule has 50 heavy (non-hydrogen) atoms. The Kier molecular flexibility index (Phi) is 6.19. The van der Waals surface area contributed by atoms with Crippen LogP contribution in [0.5, 0.6) is 0 Å². The van der Waals surface area contributed by atoms with Gasteiger partial charge in [-0.25, -0.2) is 4.98 Å². The lowest BCUT2D eigenvalue weighted by atomic mass is 9.82. The van der Waals surface area contributed by atoms with Gasteiger partial charge in [-0.2, -0.15) is 9.97 Å². The summed E-state index contributed by atoms with van der Waals surface area (Å²) in [5.41, 5.74) is 11.4. The minimum Gasteiger partial charge on any atom is -0.278 e. The lowest BCUT2D eigenvalue weighted by Gasteiger charge is -2.22. The molecule has 0 radical (unpaired) electrons. The van der Waals surface area contributed by atoms with E-state index in [1.54, 1.807) is 0 Å². The Morgan fingerprint density at radius 1 is 0.440 bits per heavy atom. The summed E-state index contributed by atoms with van der Waals surface area (Å²) in [5.74, 6) is 1.89. The predicted octanol–water partition coefficient (Wildman–Crippen LogP) is 11.4. The van der Waals surface area contributed by atoms with E-state index in [1.807, 2.05) is 0 Å². The maximum atomic E-state index is 5.33. The van der Waals surface area contributed by atoms with Gasteiger partial charge in [0.1, 0.15) is 0 Å². The Morgan fingerprint density at radius 2 is 1.04 bits per heavy atom. The Labute approximate surface area is 290 Å². The molecule has 0 amide bonds. The topological polar surface area (TPSA) is 43.6 Å². The van der Waals surface area contributed by atoms with Gasteiger partial charge in [0.2, 0.25) is 5.95 Å². The largest absolute Gasteiger partial charge is 0.278 e. The molecule has 0 saturated carbocycles. The zero-order chi connectivity index (χ0) is 33.4. The molecule has 2 aromatic heterocycles. The first-order valence-corrected chi connectivity index (χ1v) is 17.1. The smallest absolute Gasteiger partial charge is 0.238 e. The SMILES string of the molecule is CC1(C)c2ccccc2-c2ccc(-c3nc(-c4cccc5cccc(-c6ccccc6)c45)nc(-n4c5ccccc5c5ccccc54)n3)cc21. The van der Waals surface area contributed by atoms with E-state index in [9.17, 15) is 0 Å². The molecule has 7 aromatic carbocycles. The van der Waals surface area contributed by atoms with Crippen LogP contribution in [-0.4, -0.2) is 19.5 Å². The van der Waals surface area contributed by atoms with Crippen molar-refractivity contribution in [2.45, 2.75) is 19.3 Å². The molecule has 1 aliphatic rings. The van der Waals surface area contributed by atoms with E-state index >= 15 is 0 Å². The third kappa shape index (κ3) is 4.21. The third-order valence-electron chi connectivity index (χ3n) is 10.5. The molecule has 0 aliphatic heterocycles. The molecule has 4 nitrogen and oxygen atoms in total. The van der Waals surface area contributed by atoms with Crippen LogP contribution >= 0.6 is 0 Å². The molecule has 0 N–H and O–H groups in total. The van der Waals surface area contributed by atoms with E-state index in [0.29, 0.717) is 17.6 Å². The highest BCUT2D eigenvalue weighted by molar-refractivity contribution is 6.09. The second-order valence-corrected chi connectivity index (χ2v) is 13.7. The van der Waals surface area contributed by atoms with Gasteiger partial charge in [-0.15, -0.1) is 0 Å². The molecule has 9 aromatic rings. The van der Waals surface area contributed by atoms with Crippen LogP contribution < -0.4 is 0 Å². The quantitative estimate of drug-likeness (QED) is 0.192. The zero-order valence-electron chi connectivity index (χ0n) is 27.8. The highest BCUT2D eigenvalue weighted by atomic mass is 15.2. The van der Waals surface area contributed by atoms with Gasteiger partial charge in [-0.1, -0.05) is 153 Å². The van der Waals surface area contributed by atoms with Gasteiger partial charge in [-0.3, -0.25) is 4.57 Å². The van der Waals surface area contributed by atoms with Crippen LogP contribution in [0.2, 0.25) is 0 Å². The number of para-hydroxylation sites is 2. The van der Waals surface area contributed by atoms with E-state index in [-0.39, 0.29) is 5.41 Å². The van der Waals surface area contributed by atoms with Crippen molar-refractivity contribution in [3.05, 3.63) is 169 Å². The van der Waals surface area contributed by atoms with E-state index in [2.05, 4.69) is 176 Å². The predicted molar refractivity (Wildman–Crippen MR) is 206 cm³/mol. The fourth-order valence-electron chi connectivity index (χ4n) is 8.08. The van der Waals surface area contributed by atoms with Crippen molar-refractivity contribution in [2.24, 2.45) is 0 Å². The zero-order valence-corrected chi connectivity index (χ0v) is 27.8. The number of rotatable bonds is 4. The van der Waals surface area contributed by atoms with Crippen LogP contribution in [0.4, 0.5) is 0 Å².